The first-order chi connectivity index (χ1) is 12.0. The molecule has 6 heteroatoms. The second-order valence-corrected chi connectivity index (χ2v) is 6.08. The molecule has 0 atom stereocenters. The van der Waals surface area contributed by atoms with E-state index in [1.165, 1.54) is 0 Å². The first kappa shape index (κ1) is 18.7. The summed E-state index contributed by atoms with van der Waals surface area (Å²) in [6.07, 6.45) is 0.143. The quantitative estimate of drug-likeness (QED) is 0.776. The highest BCUT2D eigenvalue weighted by Gasteiger charge is 2.08. The van der Waals surface area contributed by atoms with Crippen molar-refractivity contribution in [2.24, 2.45) is 0 Å². The number of hydrogen-bond acceptors (Lipinski definition) is 4. The van der Waals surface area contributed by atoms with Gasteiger partial charge in [-0.05, 0) is 68.0 Å². The van der Waals surface area contributed by atoms with Crippen LogP contribution in [-0.2, 0) is 6.54 Å². The molecule has 0 radical (unpaired) electrons. The third-order valence-corrected chi connectivity index (χ3v) is 3.57. The molecule has 25 heavy (non-hydrogen) atoms. The molecule has 0 spiro atoms. The van der Waals surface area contributed by atoms with E-state index in [0.29, 0.717) is 17.9 Å². The minimum absolute atomic E-state index is 0.143. The molecule has 0 aromatic heterocycles. The molecular weight excluding hydrogens is 336 g/mol. The Kier molecular flexibility index (Phi) is 6.77. The molecule has 0 unspecified atom stereocenters. The lowest BCUT2D eigenvalue weighted by Crippen LogP contribution is -2.38. The predicted molar refractivity (Wildman–Crippen MR) is 102 cm³/mol. The van der Waals surface area contributed by atoms with E-state index in [9.17, 15) is 4.79 Å². The van der Waals surface area contributed by atoms with Crippen molar-refractivity contribution in [3.63, 3.8) is 0 Å². The maximum atomic E-state index is 12.1. The average Bonchev–Trinajstić information content (AvgIpc) is 2.60. The number of ether oxygens (including phenoxy) is 2. The van der Waals surface area contributed by atoms with Crippen LogP contribution in [-0.4, -0.2) is 24.2 Å². The Morgan fingerprint density at radius 3 is 2.20 bits per heavy atom. The fraction of sp³-hybridized carbons (Fsp3) is 0.263. The van der Waals surface area contributed by atoms with E-state index in [0.717, 1.165) is 11.3 Å². The van der Waals surface area contributed by atoms with Crippen molar-refractivity contribution in [2.45, 2.75) is 26.5 Å². The van der Waals surface area contributed by atoms with Gasteiger partial charge in [0.2, 0.25) is 0 Å². The lowest BCUT2D eigenvalue weighted by Gasteiger charge is -2.12. The van der Waals surface area contributed by atoms with Crippen molar-refractivity contribution in [3.05, 3.63) is 59.7 Å². The zero-order chi connectivity index (χ0) is 18.2. The van der Waals surface area contributed by atoms with Gasteiger partial charge in [0, 0.05) is 12.1 Å². The first-order valence-corrected chi connectivity index (χ1v) is 8.37. The second kappa shape index (κ2) is 9.03. The molecule has 132 valence electrons. The van der Waals surface area contributed by atoms with E-state index in [-0.39, 0.29) is 17.1 Å². The van der Waals surface area contributed by atoms with E-state index >= 15 is 0 Å². The van der Waals surface area contributed by atoms with E-state index in [2.05, 4.69) is 10.6 Å². The largest absolute Gasteiger partial charge is 0.497 e. The minimum Gasteiger partial charge on any atom is -0.497 e. The van der Waals surface area contributed by atoms with E-state index in [4.69, 9.17) is 21.7 Å². The molecule has 0 heterocycles. The molecule has 2 aromatic rings. The molecule has 2 aromatic carbocycles. The molecule has 0 saturated carbocycles. The van der Waals surface area contributed by atoms with Crippen LogP contribution in [0.5, 0.6) is 11.5 Å². The van der Waals surface area contributed by atoms with Crippen molar-refractivity contribution in [3.8, 4) is 11.5 Å². The van der Waals surface area contributed by atoms with Crippen molar-refractivity contribution < 1.29 is 14.3 Å². The Morgan fingerprint density at radius 2 is 1.64 bits per heavy atom. The number of amides is 1. The number of nitrogens with one attached hydrogen (secondary N) is 2. The van der Waals surface area contributed by atoms with Crippen LogP contribution in [0.15, 0.2) is 48.5 Å². The summed E-state index contributed by atoms with van der Waals surface area (Å²) in [5, 5.41) is 5.95. The smallest absolute Gasteiger partial charge is 0.257 e. The molecule has 0 bridgehead atoms. The van der Waals surface area contributed by atoms with E-state index < -0.39 is 0 Å². The Hall–Kier alpha value is -2.60. The van der Waals surface area contributed by atoms with Gasteiger partial charge >= 0.3 is 0 Å². The Bertz CT molecular complexity index is 712. The molecule has 0 aliphatic heterocycles. The summed E-state index contributed by atoms with van der Waals surface area (Å²) in [6.45, 7) is 4.49. The molecule has 0 saturated heterocycles. The van der Waals surface area contributed by atoms with Crippen LogP contribution in [0.3, 0.4) is 0 Å². The van der Waals surface area contributed by atoms with Gasteiger partial charge in [-0.15, -0.1) is 0 Å². The third-order valence-electron chi connectivity index (χ3n) is 3.33. The zero-order valence-corrected chi connectivity index (χ0v) is 15.4. The number of methoxy groups -OCH3 is 1. The monoisotopic (exact) mass is 358 g/mol. The van der Waals surface area contributed by atoms with Crippen LogP contribution in [0.2, 0.25) is 0 Å². The second-order valence-electron chi connectivity index (χ2n) is 5.68. The normalized spacial score (nSPS) is 10.2. The molecule has 5 nitrogen and oxygen atoms in total. The molecule has 1 amide bonds. The summed E-state index contributed by atoms with van der Waals surface area (Å²) in [4.78, 5) is 12.1. The van der Waals surface area contributed by atoms with Gasteiger partial charge in [-0.25, -0.2) is 0 Å². The average molecular weight is 358 g/mol. The fourth-order valence-corrected chi connectivity index (χ4v) is 2.27. The lowest BCUT2D eigenvalue weighted by molar-refractivity contribution is 0.0976. The van der Waals surface area contributed by atoms with Crippen LogP contribution in [0.25, 0.3) is 0 Å². The van der Waals surface area contributed by atoms with Gasteiger partial charge in [-0.2, -0.15) is 0 Å². The molecule has 2 rings (SSSR count). The minimum atomic E-state index is -0.263. The molecule has 0 aliphatic carbocycles. The maximum absolute atomic E-state index is 12.1. The van der Waals surface area contributed by atoms with E-state index in [1.807, 2.05) is 38.1 Å². The number of carbonyl (C=O) groups excluding carboxylic acids is 1. The number of benzene rings is 2. The SMILES string of the molecule is COc1ccc(C(=O)NC(=S)NCc2ccc(OC(C)C)cc2)cc1. The fourth-order valence-electron chi connectivity index (χ4n) is 2.10. The highest BCUT2D eigenvalue weighted by molar-refractivity contribution is 7.80. The van der Waals surface area contributed by atoms with Crippen LogP contribution in [0, 0.1) is 0 Å². The van der Waals surface area contributed by atoms with Crippen molar-refractivity contribution in [1.82, 2.24) is 10.6 Å². The number of rotatable bonds is 6. The topological polar surface area (TPSA) is 59.6 Å². The van der Waals surface area contributed by atoms with Crippen molar-refractivity contribution >= 4 is 23.2 Å². The highest BCUT2D eigenvalue weighted by Crippen LogP contribution is 2.14. The standard InChI is InChI=1S/C19H22N2O3S/c1-13(2)24-17-8-4-14(5-9-17)12-20-19(25)21-18(22)15-6-10-16(23-3)11-7-15/h4-11,13H,12H2,1-3H3,(H2,20,21,22,25). The van der Waals surface area contributed by atoms with Crippen LogP contribution < -0.4 is 20.1 Å². The van der Waals surface area contributed by atoms with Crippen molar-refractivity contribution in [2.75, 3.05) is 7.11 Å². The number of hydrogen-bond donors (Lipinski definition) is 2. The summed E-state index contributed by atoms with van der Waals surface area (Å²) in [5.41, 5.74) is 1.55. The first-order valence-electron chi connectivity index (χ1n) is 7.96. The van der Waals surface area contributed by atoms with Gasteiger partial charge in [0.25, 0.3) is 5.91 Å². The summed E-state index contributed by atoms with van der Waals surface area (Å²) in [6, 6.07) is 14.6. The number of thiocarbonyl (C=S) groups is 1. The van der Waals surface area contributed by atoms with Gasteiger partial charge in [-0.1, -0.05) is 12.1 Å². The van der Waals surface area contributed by atoms with Gasteiger partial charge in [0.05, 0.1) is 13.2 Å². The predicted octanol–water partition coefficient (Wildman–Crippen LogP) is 3.29. The molecule has 2 N–H and O–H groups in total. The van der Waals surface area contributed by atoms with E-state index in [1.54, 1.807) is 31.4 Å². The Balaban J connectivity index is 1.82. The summed E-state index contributed by atoms with van der Waals surface area (Å²) >= 11 is 5.17. The third kappa shape index (κ3) is 6.08. The Morgan fingerprint density at radius 1 is 1.04 bits per heavy atom. The zero-order valence-electron chi connectivity index (χ0n) is 14.5. The summed E-state index contributed by atoms with van der Waals surface area (Å²) in [7, 11) is 1.58. The Labute approximate surface area is 153 Å². The van der Waals surface area contributed by atoms with Gasteiger partial charge in [0.15, 0.2) is 5.11 Å². The van der Waals surface area contributed by atoms with Crippen LogP contribution in [0.1, 0.15) is 29.8 Å². The van der Waals surface area contributed by atoms with Crippen molar-refractivity contribution in [1.29, 1.82) is 0 Å². The maximum Gasteiger partial charge on any atom is 0.257 e. The van der Waals surface area contributed by atoms with Gasteiger partial charge < -0.3 is 14.8 Å². The molecule has 0 aliphatic rings. The van der Waals surface area contributed by atoms with Gasteiger partial charge in [-0.3, -0.25) is 10.1 Å². The van der Waals surface area contributed by atoms with Crippen LogP contribution >= 0.6 is 12.2 Å². The van der Waals surface area contributed by atoms with Gasteiger partial charge in [0.1, 0.15) is 11.5 Å². The summed E-state index contributed by atoms with van der Waals surface area (Å²) in [5.74, 6) is 1.26. The molecular formula is C19H22N2O3S. The highest BCUT2D eigenvalue weighted by atomic mass is 32.1. The number of carbonyl (C=O) groups is 1. The molecule has 0 fully saturated rings. The lowest BCUT2D eigenvalue weighted by atomic mass is 10.2. The summed E-state index contributed by atoms with van der Waals surface area (Å²) < 4.78 is 10.7. The van der Waals surface area contributed by atoms with Crippen LogP contribution in [0.4, 0.5) is 0 Å².